The van der Waals surface area contributed by atoms with Crippen LogP contribution in [0.1, 0.15) is 24.4 Å². The van der Waals surface area contributed by atoms with Crippen molar-refractivity contribution in [3.8, 4) is 0 Å². The number of urea groups is 1. The van der Waals surface area contributed by atoms with E-state index in [4.69, 9.17) is 16.3 Å². The van der Waals surface area contributed by atoms with E-state index >= 15 is 0 Å². The minimum atomic E-state index is -0.0737. The van der Waals surface area contributed by atoms with E-state index in [-0.39, 0.29) is 30.5 Å². The van der Waals surface area contributed by atoms with Gasteiger partial charge in [-0.15, -0.1) is 0 Å². The summed E-state index contributed by atoms with van der Waals surface area (Å²) < 4.78 is 5.50. The van der Waals surface area contributed by atoms with Crippen LogP contribution in [-0.2, 0) is 4.74 Å². The number of nitrogens with zero attached hydrogens (tertiary/aromatic N) is 1. The van der Waals surface area contributed by atoms with E-state index in [1.807, 2.05) is 24.3 Å². The van der Waals surface area contributed by atoms with Crippen molar-refractivity contribution in [1.82, 2.24) is 10.2 Å². The van der Waals surface area contributed by atoms with Crippen LogP contribution in [0.5, 0.6) is 0 Å². The van der Waals surface area contributed by atoms with E-state index in [1.165, 1.54) is 0 Å². The molecular formula is C17H23ClN2O3. The number of benzene rings is 1. The molecule has 2 N–H and O–H groups in total. The minimum Gasteiger partial charge on any atom is -0.396 e. The van der Waals surface area contributed by atoms with Crippen molar-refractivity contribution in [1.29, 1.82) is 0 Å². The van der Waals surface area contributed by atoms with E-state index in [9.17, 15) is 9.90 Å². The topological polar surface area (TPSA) is 61.8 Å². The molecule has 2 amide bonds. The second-order valence-electron chi connectivity index (χ2n) is 6.39. The Hall–Kier alpha value is -1.30. The zero-order chi connectivity index (χ0) is 16.2. The van der Waals surface area contributed by atoms with Gasteiger partial charge < -0.3 is 20.1 Å². The molecule has 2 aliphatic heterocycles. The molecule has 2 heterocycles. The largest absolute Gasteiger partial charge is 0.396 e. The Balaban J connectivity index is 1.71. The fourth-order valence-corrected chi connectivity index (χ4v) is 3.48. The Labute approximate surface area is 141 Å². The summed E-state index contributed by atoms with van der Waals surface area (Å²) in [7, 11) is 0. The molecule has 1 aromatic carbocycles. The van der Waals surface area contributed by atoms with Crippen molar-refractivity contribution >= 4 is 17.6 Å². The molecule has 3 rings (SSSR count). The van der Waals surface area contributed by atoms with Crippen LogP contribution in [0.2, 0.25) is 5.02 Å². The number of amides is 2. The Morgan fingerprint density at radius 1 is 1.39 bits per heavy atom. The first kappa shape index (κ1) is 16.6. The van der Waals surface area contributed by atoms with Gasteiger partial charge in [-0.05, 0) is 30.5 Å². The van der Waals surface area contributed by atoms with Gasteiger partial charge in [0, 0.05) is 43.2 Å². The molecule has 23 heavy (non-hydrogen) atoms. The standard InChI is InChI=1S/C17H23ClN2O3/c18-15-3-1-13(2-4-15)16(14-6-8-23-11-14)19-17(22)20-7-5-12(9-20)10-21/h1-4,12,14,16,21H,5-11H2,(H,19,22). The number of ether oxygens (including phenoxy) is 1. The maximum Gasteiger partial charge on any atom is 0.317 e. The number of hydrogen-bond donors (Lipinski definition) is 2. The highest BCUT2D eigenvalue weighted by Gasteiger charge is 2.32. The number of likely N-dealkylation sites (tertiary alicyclic amines) is 1. The predicted molar refractivity (Wildman–Crippen MR) is 88.4 cm³/mol. The fraction of sp³-hybridized carbons (Fsp3) is 0.588. The first-order valence-electron chi connectivity index (χ1n) is 8.17. The van der Waals surface area contributed by atoms with Gasteiger partial charge >= 0.3 is 6.03 Å². The second-order valence-corrected chi connectivity index (χ2v) is 6.82. The first-order chi connectivity index (χ1) is 11.2. The van der Waals surface area contributed by atoms with E-state index in [1.54, 1.807) is 4.90 Å². The molecule has 0 aromatic heterocycles. The highest BCUT2D eigenvalue weighted by Crippen LogP contribution is 2.30. The number of carbonyl (C=O) groups is 1. The van der Waals surface area contributed by atoms with Crippen molar-refractivity contribution in [2.45, 2.75) is 18.9 Å². The number of nitrogens with one attached hydrogen (secondary N) is 1. The van der Waals surface area contributed by atoms with Crippen LogP contribution in [0.25, 0.3) is 0 Å². The lowest BCUT2D eigenvalue weighted by Gasteiger charge is -2.27. The molecular weight excluding hydrogens is 316 g/mol. The van der Waals surface area contributed by atoms with Gasteiger partial charge in [0.05, 0.1) is 12.6 Å². The minimum absolute atomic E-state index is 0.0622. The van der Waals surface area contributed by atoms with Gasteiger partial charge in [-0.25, -0.2) is 4.79 Å². The van der Waals surface area contributed by atoms with Gasteiger partial charge in [0.1, 0.15) is 0 Å². The lowest BCUT2D eigenvalue weighted by molar-refractivity contribution is 0.170. The van der Waals surface area contributed by atoms with Gasteiger partial charge in [-0.1, -0.05) is 23.7 Å². The number of aliphatic hydroxyl groups is 1. The molecule has 5 nitrogen and oxygen atoms in total. The molecule has 0 bridgehead atoms. The third-order valence-electron chi connectivity index (χ3n) is 4.78. The lowest BCUT2D eigenvalue weighted by atomic mass is 9.92. The van der Waals surface area contributed by atoms with Gasteiger partial charge in [-0.3, -0.25) is 0 Å². The number of carbonyl (C=O) groups excluding carboxylic acids is 1. The molecule has 126 valence electrons. The zero-order valence-corrected chi connectivity index (χ0v) is 13.8. The van der Waals surface area contributed by atoms with Gasteiger partial charge in [0.15, 0.2) is 0 Å². The van der Waals surface area contributed by atoms with Crippen LogP contribution in [0.15, 0.2) is 24.3 Å². The van der Waals surface area contributed by atoms with Crippen LogP contribution < -0.4 is 5.32 Å². The average Bonchev–Trinajstić information content (AvgIpc) is 3.25. The van der Waals surface area contributed by atoms with Crippen molar-refractivity contribution in [2.75, 3.05) is 32.9 Å². The van der Waals surface area contributed by atoms with E-state index in [2.05, 4.69) is 5.32 Å². The van der Waals surface area contributed by atoms with Crippen LogP contribution in [0.3, 0.4) is 0 Å². The van der Waals surface area contributed by atoms with Crippen LogP contribution >= 0.6 is 11.6 Å². The number of halogens is 1. The van der Waals surface area contributed by atoms with Crippen LogP contribution in [0, 0.1) is 11.8 Å². The Bertz CT molecular complexity index is 531. The Morgan fingerprint density at radius 2 is 2.17 bits per heavy atom. The zero-order valence-electron chi connectivity index (χ0n) is 13.1. The van der Waals surface area contributed by atoms with E-state index < -0.39 is 0 Å². The molecule has 3 atom stereocenters. The maximum atomic E-state index is 12.6. The molecule has 3 unspecified atom stereocenters. The molecule has 1 aromatic rings. The maximum absolute atomic E-state index is 12.6. The fourth-order valence-electron chi connectivity index (χ4n) is 3.35. The third-order valence-corrected chi connectivity index (χ3v) is 5.03. The molecule has 0 spiro atoms. The summed E-state index contributed by atoms with van der Waals surface area (Å²) in [4.78, 5) is 14.4. The highest BCUT2D eigenvalue weighted by atomic mass is 35.5. The van der Waals surface area contributed by atoms with Gasteiger partial charge in [0.25, 0.3) is 0 Å². The van der Waals surface area contributed by atoms with Crippen molar-refractivity contribution < 1.29 is 14.6 Å². The second kappa shape index (κ2) is 7.51. The Morgan fingerprint density at radius 3 is 2.78 bits per heavy atom. The summed E-state index contributed by atoms with van der Waals surface area (Å²) in [6.07, 6.45) is 1.80. The molecule has 0 aliphatic carbocycles. The van der Waals surface area contributed by atoms with Crippen LogP contribution in [-0.4, -0.2) is 48.9 Å². The molecule has 2 fully saturated rings. The normalized spacial score (nSPS) is 25.6. The molecule has 0 saturated carbocycles. The summed E-state index contributed by atoms with van der Waals surface area (Å²) in [5, 5.41) is 13.1. The van der Waals surface area contributed by atoms with Crippen molar-refractivity contribution in [3.05, 3.63) is 34.9 Å². The molecule has 2 saturated heterocycles. The van der Waals surface area contributed by atoms with E-state index in [0.29, 0.717) is 24.7 Å². The van der Waals surface area contributed by atoms with Crippen molar-refractivity contribution in [3.63, 3.8) is 0 Å². The predicted octanol–water partition coefficient (Wildman–Crippen LogP) is 2.44. The number of aliphatic hydroxyl groups excluding tert-OH is 1. The monoisotopic (exact) mass is 338 g/mol. The summed E-state index contributed by atoms with van der Waals surface area (Å²) in [5.41, 5.74) is 1.05. The Kier molecular flexibility index (Phi) is 5.41. The molecule has 2 aliphatic rings. The molecule has 0 radical (unpaired) electrons. The SMILES string of the molecule is O=C(NC(c1ccc(Cl)cc1)C1CCOC1)N1CCC(CO)C1. The smallest absolute Gasteiger partial charge is 0.317 e. The van der Waals surface area contributed by atoms with E-state index in [0.717, 1.165) is 25.0 Å². The third kappa shape index (κ3) is 3.97. The van der Waals surface area contributed by atoms with Crippen molar-refractivity contribution in [2.24, 2.45) is 11.8 Å². The lowest BCUT2D eigenvalue weighted by Crippen LogP contribution is -2.42. The summed E-state index contributed by atoms with van der Waals surface area (Å²) in [6, 6.07) is 7.49. The quantitative estimate of drug-likeness (QED) is 0.886. The first-order valence-corrected chi connectivity index (χ1v) is 8.54. The van der Waals surface area contributed by atoms with Gasteiger partial charge in [-0.2, -0.15) is 0 Å². The highest BCUT2D eigenvalue weighted by molar-refractivity contribution is 6.30. The molecule has 6 heteroatoms. The van der Waals surface area contributed by atoms with Crippen LogP contribution in [0.4, 0.5) is 4.79 Å². The summed E-state index contributed by atoms with van der Waals surface area (Å²) >= 11 is 5.97. The summed E-state index contributed by atoms with van der Waals surface area (Å²) in [5.74, 6) is 0.473. The number of rotatable bonds is 4. The number of hydrogen-bond acceptors (Lipinski definition) is 3. The average molecular weight is 339 g/mol. The van der Waals surface area contributed by atoms with Gasteiger partial charge in [0.2, 0.25) is 0 Å². The summed E-state index contributed by atoms with van der Waals surface area (Å²) in [6.45, 7) is 2.86.